The number of allylic oxidation sites excluding steroid dienone is 1. The van der Waals surface area contributed by atoms with E-state index in [1.165, 1.54) is 5.56 Å². The van der Waals surface area contributed by atoms with Crippen molar-refractivity contribution in [1.29, 1.82) is 0 Å². The molecule has 94 valence electrons. The highest BCUT2D eigenvalue weighted by molar-refractivity contribution is 7.27. The Bertz CT molecular complexity index is 402. The number of carbonyl (C=O) groups excluding carboxylic acids is 1. The third-order valence-corrected chi connectivity index (χ3v) is 2.84. The predicted octanol–water partition coefficient (Wildman–Crippen LogP) is 2.66. The monoisotopic (exact) mass is 272 g/mol. The van der Waals surface area contributed by atoms with E-state index in [9.17, 15) is 4.79 Å². The van der Waals surface area contributed by atoms with Gasteiger partial charge in [0.15, 0.2) is 0 Å². The van der Waals surface area contributed by atoms with Gasteiger partial charge in [-0.2, -0.15) is 0 Å². The highest BCUT2D eigenvalue weighted by atomic mass is 35.5. The highest BCUT2D eigenvalue weighted by Crippen LogP contribution is 2.05. The molecule has 17 heavy (non-hydrogen) atoms. The molecule has 0 fully saturated rings. The molecule has 0 N–H and O–H groups in total. The molecule has 0 heterocycles. The molecule has 0 aliphatic carbocycles. The van der Waals surface area contributed by atoms with Gasteiger partial charge in [0.1, 0.15) is 0 Å². The first-order valence-electron chi connectivity index (χ1n) is 5.32. The summed E-state index contributed by atoms with van der Waals surface area (Å²) in [6.45, 7) is 4.01. The lowest BCUT2D eigenvalue weighted by molar-refractivity contribution is -0.138. The third-order valence-electron chi connectivity index (χ3n) is 2.28. The van der Waals surface area contributed by atoms with Crippen LogP contribution >= 0.6 is 21.6 Å². The summed E-state index contributed by atoms with van der Waals surface area (Å²) < 4.78 is 4.91. The van der Waals surface area contributed by atoms with Crippen molar-refractivity contribution in [1.82, 2.24) is 0 Å². The van der Waals surface area contributed by atoms with E-state index in [-0.39, 0.29) is 18.4 Å². The van der Waals surface area contributed by atoms with Gasteiger partial charge in [0.25, 0.3) is 0 Å². The maximum Gasteiger partial charge on any atom is 0.333 e. The summed E-state index contributed by atoms with van der Waals surface area (Å²) in [6.07, 6.45) is 2.66. The van der Waals surface area contributed by atoms with Crippen molar-refractivity contribution in [2.75, 3.05) is 6.61 Å². The van der Waals surface area contributed by atoms with Gasteiger partial charge in [0.05, 0.1) is 6.61 Å². The number of hydrogen-bond donors (Lipinski definition) is 0. The van der Waals surface area contributed by atoms with Gasteiger partial charge in [0.2, 0.25) is 0 Å². The molecular formula is C13H18ClO2P. The molecule has 0 spiro atoms. The lowest BCUT2D eigenvalue weighted by Gasteiger charge is -2.03. The minimum atomic E-state index is -0.233. The van der Waals surface area contributed by atoms with Gasteiger partial charge >= 0.3 is 5.97 Å². The van der Waals surface area contributed by atoms with E-state index in [2.05, 4.69) is 15.3 Å². The number of ether oxygens (including phenoxy) is 1. The van der Waals surface area contributed by atoms with Crippen LogP contribution in [0.5, 0.6) is 0 Å². The van der Waals surface area contributed by atoms with E-state index in [0.717, 1.165) is 11.7 Å². The van der Waals surface area contributed by atoms with Gasteiger partial charge in [0, 0.05) is 5.57 Å². The van der Waals surface area contributed by atoms with Crippen LogP contribution in [-0.2, 0) is 16.0 Å². The van der Waals surface area contributed by atoms with Crippen LogP contribution in [-0.4, -0.2) is 12.6 Å². The van der Waals surface area contributed by atoms with Crippen LogP contribution in [0.25, 0.3) is 0 Å². The normalized spacial score (nSPS) is 10.6. The highest BCUT2D eigenvalue weighted by Gasteiger charge is 2.04. The molecule has 4 heteroatoms. The second kappa shape index (κ2) is 8.27. The first-order chi connectivity index (χ1) is 7.65. The van der Waals surface area contributed by atoms with Crippen LogP contribution in [0.15, 0.2) is 35.9 Å². The van der Waals surface area contributed by atoms with Crippen molar-refractivity contribution < 1.29 is 9.53 Å². The summed E-state index contributed by atoms with van der Waals surface area (Å²) in [5, 5.41) is 1.16. The zero-order chi connectivity index (χ0) is 12.0. The van der Waals surface area contributed by atoms with Crippen molar-refractivity contribution in [2.45, 2.75) is 20.3 Å². The Morgan fingerprint density at radius 1 is 1.41 bits per heavy atom. The van der Waals surface area contributed by atoms with Gasteiger partial charge in [-0.05, 0) is 31.1 Å². The van der Waals surface area contributed by atoms with E-state index in [1.54, 1.807) is 6.92 Å². The summed E-state index contributed by atoms with van der Waals surface area (Å²) in [6, 6.07) is 8.08. The van der Waals surface area contributed by atoms with E-state index in [1.807, 2.05) is 31.2 Å². The Morgan fingerprint density at radius 2 is 2.06 bits per heavy atom. The first-order valence-corrected chi connectivity index (χ1v) is 5.90. The Balaban J connectivity index is 0.00000256. The van der Waals surface area contributed by atoms with Crippen LogP contribution in [0, 0.1) is 0 Å². The number of hydrogen-bond acceptors (Lipinski definition) is 2. The molecule has 1 aromatic rings. The largest absolute Gasteiger partial charge is 0.463 e. The standard InChI is InChI=1S/C13H17O2P.ClH/c1-3-15-13(14)10(2)8-9-11-6-4-5-7-12(11)16;/h4-8H,3,9,16H2,1-2H3;1H. The number of esters is 1. The van der Waals surface area contributed by atoms with Gasteiger partial charge in [-0.25, -0.2) is 4.79 Å². The van der Waals surface area contributed by atoms with Crippen LogP contribution in [0.1, 0.15) is 19.4 Å². The fraction of sp³-hybridized carbons (Fsp3) is 0.308. The molecular weight excluding hydrogens is 255 g/mol. The molecule has 1 rings (SSSR count). The average Bonchev–Trinajstić information content (AvgIpc) is 2.28. The lowest BCUT2D eigenvalue weighted by atomic mass is 10.1. The fourth-order valence-electron chi connectivity index (χ4n) is 1.31. The minimum Gasteiger partial charge on any atom is -0.463 e. The fourth-order valence-corrected chi connectivity index (χ4v) is 1.64. The summed E-state index contributed by atoms with van der Waals surface area (Å²) in [5.41, 5.74) is 1.87. The third kappa shape index (κ3) is 5.34. The molecule has 0 amide bonds. The maximum absolute atomic E-state index is 11.4. The SMILES string of the molecule is CCOC(=O)C(C)=CCc1ccccc1P.Cl. The van der Waals surface area contributed by atoms with Gasteiger partial charge < -0.3 is 4.74 Å². The average molecular weight is 273 g/mol. The molecule has 0 bridgehead atoms. The lowest BCUT2D eigenvalue weighted by Crippen LogP contribution is -2.06. The molecule has 1 aromatic carbocycles. The van der Waals surface area contributed by atoms with Crippen molar-refractivity contribution in [3.63, 3.8) is 0 Å². The maximum atomic E-state index is 11.4. The van der Waals surface area contributed by atoms with Crippen LogP contribution in [0.2, 0.25) is 0 Å². The van der Waals surface area contributed by atoms with Gasteiger partial charge in [-0.1, -0.05) is 30.3 Å². The number of carbonyl (C=O) groups is 1. The Hall–Kier alpha value is -0.850. The molecule has 0 aromatic heterocycles. The second-order valence-electron chi connectivity index (χ2n) is 3.51. The second-order valence-corrected chi connectivity index (χ2v) is 4.13. The topological polar surface area (TPSA) is 26.3 Å². The van der Waals surface area contributed by atoms with Crippen molar-refractivity contribution in [2.24, 2.45) is 0 Å². The first kappa shape index (κ1) is 16.1. The van der Waals surface area contributed by atoms with Crippen LogP contribution < -0.4 is 5.30 Å². The van der Waals surface area contributed by atoms with Gasteiger partial charge in [-0.3, -0.25) is 0 Å². The minimum absolute atomic E-state index is 0. The van der Waals surface area contributed by atoms with E-state index >= 15 is 0 Å². The quantitative estimate of drug-likeness (QED) is 0.479. The molecule has 2 nitrogen and oxygen atoms in total. The van der Waals surface area contributed by atoms with Gasteiger partial charge in [-0.15, -0.1) is 21.6 Å². The number of halogens is 1. The summed E-state index contributed by atoms with van der Waals surface area (Å²) in [7, 11) is 2.69. The molecule has 0 saturated carbocycles. The summed E-state index contributed by atoms with van der Waals surface area (Å²) in [5.74, 6) is -0.233. The number of rotatable bonds is 4. The molecule has 0 saturated heterocycles. The Morgan fingerprint density at radius 3 is 2.65 bits per heavy atom. The zero-order valence-electron chi connectivity index (χ0n) is 10.1. The molecule has 1 atom stereocenters. The molecule has 0 radical (unpaired) electrons. The Labute approximate surface area is 111 Å². The smallest absolute Gasteiger partial charge is 0.333 e. The molecule has 0 aliphatic rings. The number of benzene rings is 1. The van der Waals surface area contributed by atoms with Crippen LogP contribution in [0.3, 0.4) is 0 Å². The van der Waals surface area contributed by atoms with Crippen molar-refractivity contribution in [3.05, 3.63) is 41.5 Å². The zero-order valence-corrected chi connectivity index (χ0v) is 12.1. The van der Waals surface area contributed by atoms with E-state index in [0.29, 0.717) is 12.2 Å². The summed E-state index contributed by atoms with van der Waals surface area (Å²) >= 11 is 0. The summed E-state index contributed by atoms with van der Waals surface area (Å²) in [4.78, 5) is 11.4. The van der Waals surface area contributed by atoms with Crippen molar-refractivity contribution in [3.8, 4) is 0 Å². The molecule has 1 unspecified atom stereocenters. The van der Waals surface area contributed by atoms with Crippen molar-refractivity contribution >= 4 is 32.9 Å². The van der Waals surface area contributed by atoms with Crippen LogP contribution in [0.4, 0.5) is 0 Å². The predicted molar refractivity (Wildman–Crippen MR) is 77.1 cm³/mol. The van der Waals surface area contributed by atoms with E-state index < -0.39 is 0 Å². The molecule has 0 aliphatic heterocycles. The van der Waals surface area contributed by atoms with E-state index in [4.69, 9.17) is 4.74 Å². The Kier molecular flexibility index (Phi) is 7.86.